The molecule has 1 aromatic carbocycles. The summed E-state index contributed by atoms with van der Waals surface area (Å²) >= 11 is 9.32. The first kappa shape index (κ1) is 10.8. The third-order valence-electron chi connectivity index (χ3n) is 1.65. The van der Waals surface area contributed by atoms with E-state index in [2.05, 4.69) is 21.2 Å². The van der Waals surface area contributed by atoms with E-state index in [-0.39, 0.29) is 0 Å². The second-order valence-corrected chi connectivity index (χ2v) is 3.87. The smallest absolute Gasteiger partial charge is 0.0593 e. The molecule has 0 aliphatic rings. The highest BCUT2D eigenvalue weighted by molar-refractivity contribution is 9.10. The fraction of sp³-hybridized carbons (Fsp3) is 0.333. The van der Waals surface area contributed by atoms with Crippen LogP contribution in [0.4, 0.5) is 5.69 Å². The molecule has 0 bridgehead atoms. The summed E-state index contributed by atoms with van der Waals surface area (Å²) in [4.78, 5) is 0. The van der Waals surface area contributed by atoms with Crippen molar-refractivity contribution < 1.29 is 0 Å². The van der Waals surface area contributed by atoms with Crippen LogP contribution >= 0.6 is 27.5 Å². The summed E-state index contributed by atoms with van der Waals surface area (Å²) in [6.45, 7) is 1.57. The van der Waals surface area contributed by atoms with Crippen LogP contribution in [-0.4, -0.2) is 13.1 Å². The van der Waals surface area contributed by atoms with Crippen LogP contribution in [-0.2, 0) is 0 Å². The Labute approximate surface area is 91.6 Å². The minimum Gasteiger partial charge on any atom is -0.384 e. The SMILES string of the molecule is NCCCNc1cccc(Cl)c1Br. The molecule has 0 amide bonds. The third kappa shape index (κ3) is 3.18. The standard InChI is InChI=1S/C9H12BrClN2/c10-9-7(11)3-1-4-8(9)13-6-2-5-12/h1,3-4,13H,2,5-6,12H2. The van der Waals surface area contributed by atoms with Gasteiger partial charge in [0.25, 0.3) is 0 Å². The lowest BCUT2D eigenvalue weighted by Gasteiger charge is -2.08. The van der Waals surface area contributed by atoms with Gasteiger partial charge in [-0.15, -0.1) is 0 Å². The van der Waals surface area contributed by atoms with E-state index < -0.39 is 0 Å². The molecule has 72 valence electrons. The highest BCUT2D eigenvalue weighted by atomic mass is 79.9. The van der Waals surface area contributed by atoms with Crippen molar-refractivity contribution >= 4 is 33.2 Å². The zero-order valence-corrected chi connectivity index (χ0v) is 9.53. The summed E-state index contributed by atoms with van der Waals surface area (Å²) in [6.07, 6.45) is 0.957. The molecule has 13 heavy (non-hydrogen) atoms. The molecule has 3 N–H and O–H groups in total. The van der Waals surface area contributed by atoms with Crippen LogP contribution in [0.15, 0.2) is 22.7 Å². The van der Waals surface area contributed by atoms with E-state index in [0.29, 0.717) is 6.54 Å². The number of anilines is 1. The van der Waals surface area contributed by atoms with E-state index in [0.717, 1.165) is 28.1 Å². The normalized spacial score (nSPS) is 10.1. The number of hydrogen-bond donors (Lipinski definition) is 2. The van der Waals surface area contributed by atoms with Crippen molar-refractivity contribution in [3.05, 3.63) is 27.7 Å². The Hall–Kier alpha value is -0.250. The quantitative estimate of drug-likeness (QED) is 0.820. The number of benzene rings is 1. The molecule has 1 rings (SSSR count). The molecular weight excluding hydrogens is 251 g/mol. The predicted molar refractivity (Wildman–Crippen MR) is 61.3 cm³/mol. The van der Waals surface area contributed by atoms with Crippen molar-refractivity contribution in [2.24, 2.45) is 5.73 Å². The summed E-state index contributed by atoms with van der Waals surface area (Å²) in [5.74, 6) is 0. The van der Waals surface area contributed by atoms with Gasteiger partial charge in [0.05, 0.1) is 9.50 Å². The summed E-state index contributed by atoms with van der Waals surface area (Å²) in [7, 11) is 0. The van der Waals surface area contributed by atoms with E-state index in [1.54, 1.807) is 0 Å². The fourth-order valence-electron chi connectivity index (χ4n) is 0.965. The van der Waals surface area contributed by atoms with Crippen molar-refractivity contribution in [1.29, 1.82) is 0 Å². The molecule has 1 aromatic rings. The van der Waals surface area contributed by atoms with E-state index in [4.69, 9.17) is 17.3 Å². The molecule has 0 aliphatic carbocycles. The first-order valence-corrected chi connectivity index (χ1v) is 5.30. The van der Waals surface area contributed by atoms with Crippen LogP contribution in [0.5, 0.6) is 0 Å². The molecule has 0 atom stereocenters. The van der Waals surface area contributed by atoms with Crippen molar-refractivity contribution in [2.45, 2.75) is 6.42 Å². The average Bonchev–Trinajstić information content (AvgIpc) is 2.13. The van der Waals surface area contributed by atoms with Crippen LogP contribution in [0.25, 0.3) is 0 Å². The van der Waals surface area contributed by atoms with E-state index in [1.165, 1.54) is 0 Å². The van der Waals surface area contributed by atoms with Gasteiger partial charge in [-0.2, -0.15) is 0 Å². The maximum atomic E-state index is 5.92. The minimum absolute atomic E-state index is 0.700. The summed E-state index contributed by atoms with van der Waals surface area (Å²) in [5, 5.41) is 3.96. The molecule has 2 nitrogen and oxygen atoms in total. The monoisotopic (exact) mass is 262 g/mol. The van der Waals surface area contributed by atoms with Crippen molar-refractivity contribution in [3.8, 4) is 0 Å². The molecule has 0 saturated carbocycles. The highest BCUT2D eigenvalue weighted by Gasteiger charge is 2.01. The number of hydrogen-bond acceptors (Lipinski definition) is 2. The van der Waals surface area contributed by atoms with Crippen molar-refractivity contribution in [3.63, 3.8) is 0 Å². The predicted octanol–water partition coefficient (Wildman–Crippen LogP) is 2.86. The van der Waals surface area contributed by atoms with Gasteiger partial charge in [0.15, 0.2) is 0 Å². The zero-order valence-electron chi connectivity index (χ0n) is 7.19. The van der Waals surface area contributed by atoms with Gasteiger partial charge in [-0.1, -0.05) is 17.7 Å². The Morgan fingerprint density at radius 2 is 2.23 bits per heavy atom. The third-order valence-corrected chi connectivity index (χ3v) is 3.05. The molecule has 0 aliphatic heterocycles. The second-order valence-electron chi connectivity index (χ2n) is 2.67. The molecule has 0 fully saturated rings. The van der Waals surface area contributed by atoms with Crippen LogP contribution < -0.4 is 11.1 Å². The van der Waals surface area contributed by atoms with Crippen LogP contribution in [0, 0.1) is 0 Å². The van der Waals surface area contributed by atoms with Crippen LogP contribution in [0.3, 0.4) is 0 Å². The first-order chi connectivity index (χ1) is 6.25. The topological polar surface area (TPSA) is 38.0 Å². The summed E-state index contributed by atoms with van der Waals surface area (Å²) in [6, 6.07) is 5.74. The Kier molecular flexibility index (Phi) is 4.56. The number of halogens is 2. The van der Waals surface area contributed by atoms with Gasteiger partial charge in [-0.05, 0) is 41.0 Å². The number of nitrogens with one attached hydrogen (secondary N) is 1. The lowest BCUT2D eigenvalue weighted by molar-refractivity contribution is 0.874. The Bertz CT molecular complexity index is 278. The fourth-order valence-corrected chi connectivity index (χ4v) is 1.54. The molecule has 0 heterocycles. The largest absolute Gasteiger partial charge is 0.384 e. The molecule has 0 saturated heterocycles. The number of nitrogens with two attached hydrogens (primary N) is 1. The van der Waals surface area contributed by atoms with Gasteiger partial charge < -0.3 is 11.1 Å². The molecule has 0 unspecified atom stereocenters. The maximum absolute atomic E-state index is 5.92. The van der Waals surface area contributed by atoms with E-state index in [1.807, 2.05) is 18.2 Å². The van der Waals surface area contributed by atoms with Gasteiger partial charge in [0.1, 0.15) is 0 Å². The van der Waals surface area contributed by atoms with Crippen LogP contribution in [0.1, 0.15) is 6.42 Å². The molecule has 0 aromatic heterocycles. The molecule has 0 radical (unpaired) electrons. The Morgan fingerprint density at radius 3 is 2.92 bits per heavy atom. The lowest BCUT2D eigenvalue weighted by atomic mass is 10.3. The van der Waals surface area contributed by atoms with Crippen molar-refractivity contribution in [2.75, 3.05) is 18.4 Å². The van der Waals surface area contributed by atoms with Gasteiger partial charge in [-0.25, -0.2) is 0 Å². The van der Waals surface area contributed by atoms with Gasteiger partial charge in [-0.3, -0.25) is 0 Å². The van der Waals surface area contributed by atoms with Gasteiger partial charge >= 0.3 is 0 Å². The zero-order chi connectivity index (χ0) is 9.68. The minimum atomic E-state index is 0.700. The molecule has 4 heteroatoms. The average molecular weight is 264 g/mol. The first-order valence-electron chi connectivity index (χ1n) is 4.13. The highest BCUT2D eigenvalue weighted by Crippen LogP contribution is 2.29. The molecular formula is C9H12BrClN2. The Morgan fingerprint density at radius 1 is 1.46 bits per heavy atom. The lowest BCUT2D eigenvalue weighted by Crippen LogP contribution is -2.08. The molecule has 0 spiro atoms. The van der Waals surface area contributed by atoms with Gasteiger partial charge in [0.2, 0.25) is 0 Å². The second kappa shape index (κ2) is 5.47. The van der Waals surface area contributed by atoms with E-state index in [9.17, 15) is 0 Å². The summed E-state index contributed by atoms with van der Waals surface area (Å²) in [5.41, 5.74) is 6.40. The van der Waals surface area contributed by atoms with Gasteiger partial charge in [0, 0.05) is 12.2 Å². The van der Waals surface area contributed by atoms with E-state index >= 15 is 0 Å². The maximum Gasteiger partial charge on any atom is 0.0593 e. The Balaban J connectivity index is 2.61. The number of rotatable bonds is 4. The summed E-state index contributed by atoms with van der Waals surface area (Å²) < 4.78 is 0.911. The van der Waals surface area contributed by atoms with Crippen molar-refractivity contribution in [1.82, 2.24) is 0 Å². The van der Waals surface area contributed by atoms with Crippen LogP contribution in [0.2, 0.25) is 5.02 Å².